The summed E-state index contributed by atoms with van der Waals surface area (Å²) in [5.41, 5.74) is 0. The third-order valence-electron chi connectivity index (χ3n) is 1.64. The first-order chi connectivity index (χ1) is 6.84. The molecule has 1 N–H and O–H groups in total. The van der Waals surface area contributed by atoms with Crippen LogP contribution in [0.5, 0.6) is 0 Å². The van der Waals surface area contributed by atoms with E-state index in [4.69, 9.17) is 4.42 Å². The van der Waals surface area contributed by atoms with Gasteiger partial charge in [-0.3, -0.25) is 0 Å². The van der Waals surface area contributed by atoms with Gasteiger partial charge in [0.15, 0.2) is 6.39 Å². The highest BCUT2D eigenvalue weighted by atomic mass is 19.1. The van der Waals surface area contributed by atoms with Crippen LogP contribution in [0.2, 0.25) is 0 Å². The zero-order chi connectivity index (χ0) is 9.80. The second kappa shape index (κ2) is 3.87. The molecule has 0 amide bonds. The van der Waals surface area contributed by atoms with Gasteiger partial charge in [-0.1, -0.05) is 6.07 Å². The summed E-state index contributed by atoms with van der Waals surface area (Å²) >= 11 is 0. The van der Waals surface area contributed by atoms with E-state index in [1.165, 1.54) is 12.5 Å². The number of oxazole rings is 1. The fraction of sp³-hybridized carbons (Fsp3) is 0.111. The van der Waals surface area contributed by atoms with Crippen molar-refractivity contribution in [2.75, 3.05) is 5.32 Å². The molecule has 0 unspecified atom stereocenters. The minimum atomic E-state index is -0.507. The van der Waals surface area contributed by atoms with Crippen LogP contribution in [0.3, 0.4) is 0 Å². The van der Waals surface area contributed by atoms with Gasteiger partial charge in [0.25, 0.3) is 0 Å². The summed E-state index contributed by atoms with van der Waals surface area (Å²) in [4.78, 5) is 7.38. The van der Waals surface area contributed by atoms with Crippen LogP contribution in [0.1, 0.15) is 5.76 Å². The number of rotatable bonds is 3. The minimum absolute atomic E-state index is 0.441. The number of anilines is 1. The molecule has 0 aliphatic heterocycles. The minimum Gasteiger partial charge on any atom is -0.447 e. The Morgan fingerprint density at radius 3 is 3.07 bits per heavy atom. The number of hydrogen-bond acceptors (Lipinski definition) is 4. The van der Waals surface area contributed by atoms with Crippen LogP contribution in [-0.2, 0) is 6.54 Å². The summed E-state index contributed by atoms with van der Waals surface area (Å²) in [6.45, 7) is 0.441. The van der Waals surface area contributed by atoms with Crippen molar-refractivity contribution in [1.82, 2.24) is 9.97 Å². The number of nitrogens with one attached hydrogen (secondary N) is 1. The normalized spacial score (nSPS) is 10.1. The van der Waals surface area contributed by atoms with Gasteiger partial charge in [-0.2, -0.15) is 4.39 Å². The molecule has 5 heteroatoms. The Hall–Kier alpha value is -1.91. The van der Waals surface area contributed by atoms with Crippen molar-refractivity contribution in [3.05, 3.63) is 42.5 Å². The molecule has 14 heavy (non-hydrogen) atoms. The average Bonchev–Trinajstić information content (AvgIpc) is 2.67. The molecule has 2 rings (SSSR count). The Morgan fingerprint density at radius 1 is 1.43 bits per heavy atom. The summed E-state index contributed by atoms with van der Waals surface area (Å²) in [5.74, 6) is 0.644. The van der Waals surface area contributed by atoms with Crippen molar-refractivity contribution in [3.63, 3.8) is 0 Å². The van der Waals surface area contributed by atoms with E-state index >= 15 is 0 Å². The molecule has 2 aromatic rings. The summed E-state index contributed by atoms with van der Waals surface area (Å²) in [5, 5.41) is 2.90. The van der Waals surface area contributed by atoms with Crippen LogP contribution in [-0.4, -0.2) is 9.97 Å². The Balaban J connectivity index is 1.98. The van der Waals surface area contributed by atoms with Crippen LogP contribution in [0.15, 0.2) is 35.2 Å². The second-order valence-electron chi connectivity index (χ2n) is 2.67. The lowest BCUT2D eigenvalue weighted by molar-refractivity contribution is 0.511. The molecule has 0 saturated heterocycles. The highest BCUT2D eigenvalue weighted by Crippen LogP contribution is 2.05. The van der Waals surface area contributed by atoms with Crippen LogP contribution < -0.4 is 5.32 Å². The van der Waals surface area contributed by atoms with Gasteiger partial charge in [-0.05, 0) is 12.1 Å². The van der Waals surface area contributed by atoms with E-state index in [9.17, 15) is 4.39 Å². The molecule has 0 radical (unpaired) electrons. The van der Waals surface area contributed by atoms with Gasteiger partial charge in [0.05, 0.1) is 12.7 Å². The van der Waals surface area contributed by atoms with Gasteiger partial charge in [0.2, 0.25) is 5.95 Å². The van der Waals surface area contributed by atoms with E-state index in [1.54, 1.807) is 18.3 Å². The fourth-order valence-electron chi connectivity index (χ4n) is 1.01. The molecule has 2 aromatic heterocycles. The highest BCUT2D eigenvalue weighted by molar-refractivity contribution is 5.33. The summed E-state index contributed by atoms with van der Waals surface area (Å²) in [6, 6.07) is 4.56. The highest BCUT2D eigenvalue weighted by Gasteiger charge is 1.98. The number of halogens is 1. The Kier molecular flexibility index (Phi) is 2.40. The lowest BCUT2D eigenvalue weighted by Gasteiger charge is -2.01. The quantitative estimate of drug-likeness (QED) is 0.755. The third kappa shape index (κ3) is 2.07. The number of pyridine rings is 1. The smallest absolute Gasteiger partial charge is 0.214 e. The molecule has 0 spiro atoms. The first-order valence-corrected chi connectivity index (χ1v) is 4.08. The lowest BCUT2D eigenvalue weighted by Crippen LogP contribution is -2.00. The molecule has 72 valence electrons. The first kappa shape index (κ1) is 8.68. The Morgan fingerprint density at radius 2 is 2.36 bits per heavy atom. The molecule has 0 fully saturated rings. The molecule has 2 heterocycles. The first-order valence-electron chi connectivity index (χ1n) is 4.08. The molecular weight excluding hydrogens is 185 g/mol. The number of aromatic nitrogens is 2. The Bertz CT molecular complexity index is 402. The lowest BCUT2D eigenvalue weighted by atomic mass is 10.4. The van der Waals surface area contributed by atoms with E-state index in [0.29, 0.717) is 18.1 Å². The van der Waals surface area contributed by atoms with Gasteiger partial charge < -0.3 is 9.73 Å². The van der Waals surface area contributed by atoms with Crippen LogP contribution in [0.25, 0.3) is 0 Å². The van der Waals surface area contributed by atoms with E-state index in [0.717, 1.165) is 0 Å². The van der Waals surface area contributed by atoms with E-state index < -0.39 is 5.95 Å². The van der Waals surface area contributed by atoms with Crippen molar-refractivity contribution >= 4 is 5.82 Å². The van der Waals surface area contributed by atoms with Crippen molar-refractivity contribution in [2.45, 2.75) is 6.54 Å². The fourth-order valence-corrected chi connectivity index (χ4v) is 1.01. The van der Waals surface area contributed by atoms with Crippen molar-refractivity contribution < 1.29 is 8.81 Å². The Labute approximate surface area is 79.8 Å². The molecule has 0 bridgehead atoms. The largest absolute Gasteiger partial charge is 0.447 e. The molecule has 0 aromatic carbocycles. The number of nitrogens with zero attached hydrogens (tertiary/aromatic N) is 2. The molecule has 0 atom stereocenters. The monoisotopic (exact) mass is 193 g/mol. The van der Waals surface area contributed by atoms with Gasteiger partial charge in [0, 0.05) is 0 Å². The average molecular weight is 193 g/mol. The van der Waals surface area contributed by atoms with E-state index in [1.807, 2.05) is 0 Å². The van der Waals surface area contributed by atoms with E-state index in [2.05, 4.69) is 15.3 Å². The summed E-state index contributed by atoms with van der Waals surface area (Å²) < 4.78 is 17.6. The molecule has 4 nitrogen and oxygen atoms in total. The van der Waals surface area contributed by atoms with Gasteiger partial charge in [0.1, 0.15) is 11.6 Å². The summed E-state index contributed by atoms with van der Waals surface area (Å²) in [7, 11) is 0. The zero-order valence-electron chi connectivity index (χ0n) is 7.27. The van der Waals surface area contributed by atoms with Gasteiger partial charge >= 0.3 is 0 Å². The predicted octanol–water partition coefficient (Wildman–Crippen LogP) is 1.82. The van der Waals surface area contributed by atoms with Crippen molar-refractivity contribution in [2.24, 2.45) is 0 Å². The van der Waals surface area contributed by atoms with Crippen LogP contribution >= 0.6 is 0 Å². The van der Waals surface area contributed by atoms with E-state index in [-0.39, 0.29) is 0 Å². The SMILES string of the molecule is Fc1cccc(NCc2cnco2)n1. The maximum atomic E-state index is 12.6. The van der Waals surface area contributed by atoms with Crippen LogP contribution in [0.4, 0.5) is 10.2 Å². The second-order valence-corrected chi connectivity index (χ2v) is 2.67. The standard InChI is InChI=1S/C9H8FN3O/c10-8-2-1-3-9(13-8)12-5-7-4-11-6-14-7/h1-4,6H,5H2,(H,12,13). The maximum Gasteiger partial charge on any atom is 0.214 e. The molecule has 0 saturated carbocycles. The summed E-state index contributed by atoms with van der Waals surface area (Å²) in [6.07, 6.45) is 2.93. The van der Waals surface area contributed by atoms with Gasteiger partial charge in [-0.25, -0.2) is 9.97 Å². The number of hydrogen-bond donors (Lipinski definition) is 1. The molecular formula is C9H8FN3O. The van der Waals surface area contributed by atoms with Crippen molar-refractivity contribution in [1.29, 1.82) is 0 Å². The van der Waals surface area contributed by atoms with Crippen molar-refractivity contribution in [3.8, 4) is 0 Å². The zero-order valence-corrected chi connectivity index (χ0v) is 7.27. The van der Waals surface area contributed by atoms with Crippen LogP contribution in [0, 0.1) is 5.95 Å². The molecule has 0 aliphatic carbocycles. The third-order valence-corrected chi connectivity index (χ3v) is 1.64. The maximum absolute atomic E-state index is 12.6. The van der Waals surface area contributed by atoms with Gasteiger partial charge in [-0.15, -0.1) is 0 Å². The topological polar surface area (TPSA) is 51.0 Å². The molecule has 0 aliphatic rings. The predicted molar refractivity (Wildman–Crippen MR) is 48.0 cm³/mol.